The maximum atomic E-state index is 6.01. The van der Waals surface area contributed by atoms with Crippen molar-refractivity contribution in [3.05, 3.63) is 28.2 Å². The quantitative estimate of drug-likeness (QED) is 0.901. The van der Waals surface area contributed by atoms with Gasteiger partial charge in [-0.15, -0.1) is 0 Å². The van der Waals surface area contributed by atoms with Gasteiger partial charge in [-0.25, -0.2) is 0 Å². The molecule has 2 rings (SSSR count). The van der Waals surface area contributed by atoms with Crippen molar-refractivity contribution in [2.24, 2.45) is 5.73 Å². The lowest BCUT2D eigenvalue weighted by Gasteiger charge is -2.41. The molecule has 0 unspecified atom stereocenters. The van der Waals surface area contributed by atoms with Gasteiger partial charge in [0.05, 0.1) is 5.54 Å². The zero-order chi connectivity index (χ0) is 13.2. The molecule has 0 atom stereocenters. The molecule has 0 aliphatic carbocycles. The molecule has 0 bridgehead atoms. The summed E-state index contributed by atoms with van der Waals surface area (Å²) in [5, 5.41) is 3.66. The third-order valence-electron chi connectivity index (χ3n) is 3.79. The predicted octanol–water partition coefficient (Wildman–Crippen LogP) is 2.59. The summed E-state index contributed by atoms with van der Waals surface area (Å²) in [7, 11) is 2.17. The molecule has 1 aliphatic rings. The van der Waals surface area contributed by atoms with Crippen LogP contribution in [0.5, 0.6) is 0 Å². The van der Waals surface area contributed by atoms with E-state index in [1.807, 2.05) is 0 Å². The molecule has 1 heterocycles. The minimum absolute atomic E-state index is 0.0553. The highest BCUT2D eigenvalue weighted by molar-refractivity contribution is 9.10. The number of rotatable bonds is 3. The highest BCUT2D eigenvalue weighted by Crippen LogP contribution is 2.28. The van der Waals surface area contributed by atoms with E-state index in [0.29, 0.717) is 6.54 Å². The number of likely N-dealkylation sites (tertiary alicyclic amines) is 1. The topological polar surface area (TPSA) is 41.3 Å². The van der Waals surface area contributed by atoms with E-state index < -0.39 is 0 Å². The summed E-state index contributed by atoms with van der Waals surface area (Å²) >= 11 is 3.55. The molecule has 4 heteroatoms. The molecule has 1 aliphatic heterocycles. The van der Waals surface area contributed by atoms with Crippen molar-refractivity contribution in [3.8, 4) is 0 Å². The van der Waals surface area contributed by atoms with Gasteiger partial charge in [-0.05, 0) is 50.6 Å². The van der Waals surface area contributed by atoms with Crippen LogP contribution < -0.4 is 11.1 Å². The van der Waals surface area contributed by atoms with E-state index in [2.05, 4.69) is 58.3 Å². The first-order valence-corrected chi connectivity index (χ1v) is 7.26. The van der Waals surface area contributed by atoms with Crippen LogP contribution in [0.2, 0.25) is 0 Å². The zero-order valence-electron chi connectivity index (χ0n) is 11.2. The smallest absolute Gasteiger partial charge is 0.0520 e. The summed E-state index contributed by atoms with van der Waals surface area (Å²) < 4.78 is 1.12. The number of benzene rings is 1. The predicted molar refractivity (Wildman–Crippen MR) is 81.0 cm³/mol. The van der Waals surface area contributed by atoms with Crippen molar-refractivity contribution >= 4 is 21.6 Å². The Hall–Kier alpha value is -0.580. The standard InChI is InChI=1S/C14H22BrN3/c1-11-7-12(15)9-13(8-11)17-14(10-16)3-5-18(2)6-4-14/h7-9,17H,3-6,10,16H2,1-2H3. The van der Waals surface area contributed by atoms with Crippen LogP contribution in [0.1, 0.15) is 18.4 Å². The van der Waals surface area contributed by atoms with Gasteiger partial charge < -0.3 is 16.0 Å². The molecule has 1 aromatic rings. The number of halogens is 1. The fourth-order valence-corrected chi connectivity index (χ4v) is 3.15. The van der Waals surface area contributed by atoms with Gasteiger partial charge in [0.25, 0.3) is 0 Å². The molecule has 100 valence electrons. The normalized spacial score (nSPS) is 19.8. The molecule has 1 aromatic carbocycles. The number of aryl methyl sites for hydroxylation is 1. The molecule has 18 heavy (non-hydrogen) atoms. The first kappa shape index (κ1) is 13.8. The molecular formula is C14H22BrN3. The Labute approximate surface area is 118 Å². The second kappa shape index (κ2) is 5.59. The van der Waals surface area contributed by atoms with E-state index in [0.717, 1.165) is 36.1 Å². The van der Waals surface area contributed by atoms with Crippen LogP contribution in [-0.4, -0.2) is 37.1 Å². The number of piperidine rings is 1. The third-order valence-corrected chi connectivity index (χ3v) is 4.24. The Morgan fingerprint density at radius 3 is 2.56 bits per heavy atom. The van der Waals surface area contributed by atoms with E-state index in [4.69, 9.17) is 5.73 Å². The van der Waals surface area contributed by atoms with Gasteiger partial charge in [-0.2, -0.15) is 0 Å². The van der Waals surface area contributed by atoms with Gasteiger partial charge in [0, 0.05) is 29.8 Å². The van der Waals surface area contributed by atoms with Crippen LogP contribution in [0.3, 0.4) is 0 Å². The van der Waals surface area contributed by atoms with Crippen LogP contribution >= 0.6 is 15.9 Å². The van der Waals surface area contributed by atoms with Gasteiger partial charge in [-0.3, -0.25) is 0 Å². The second-order valence-corrected chi connectivity index (χ2v) is 6.35. The molecule has 0 amide bonds. The van der Waals surface area contributed by atoms with Crippen LogP contribution in [-0.2, 0) is 0 Å². The Morgan fingerprint density at radius 2 is 2.00 bits per heavy atom. The lowest BCUT2D eigenvalue weighted by molar-refractivity contribution is 0.209. The van der Waals surface area contributed by atoms with E-state index in [1.54, 1.807) is 0 Å². The molecule has 0 saturated carbocycles. The number of nitrogens with one attached hydrogen (secondary N) is 1. The summed E-state index contributed by atoms with van der Waals surface area (Å²) in [5.74, 6) is 0. The molecule has 1 fully saturated rings. The molecule has 1 saturated heterocycles. The first-order valence-electron chi connectivity index (χ1n) is 6.47. The second-order valence-electron chi connectivity index (χ2n) is 5.43. The number of hydrogen-bond donors (Lipinski definition) is 2. The highest BCUT2D eigenvalue weighted by Gasteiger charge is 2.32. The third kappa shape index (κ3) is 3.25. The number of nitrogens with zero attached hydrogens (tertiary/aromatic N) is 1. The van der Waals surface area contributed by atoms with Crippen molar-refractivity contribution < 1.29 is 0 Å². The van der Waals surface area contributed by atoms with Crippen LogP contribution in [0.4, 0.5) is 5.69 Å². The highest BCUT2D eigenvalue weighted by atomic mass is 79.9. The molecule has 0 radical (unpaired) electrons. The van der Waals surface area contributed by atoms with E-state index in [-0.39, 0.29) is 5.54 Å². The summed E-state index contributed by atoms with van der Waals surface area (Å²) in [5.41, 5.74) is 8.49. The Kier molecular flexibility index (Phi) is 4.30. The van der Waals surface area contributed by atoms with Crippen LogP contribution in [0.15, 0.2) is 22.7 Å². The fraction of sp³-hybridized carbons (Fsp3) is 0.571. The van der Waals surface area contributed by atoms with Crippen molar-refractivity contribution in [3.63, 3.8) is 0 Å². The Balaban J connectivity index is 2.14. The fourth-order valence-electron chi connectivity index (χ4n) is 2.54. The summed E-state index contributed by atoms with van der Waals surface area (Å²) in [6, 6.07) is 6.43. The number of anilines is 1. The van der Waals surface area contributed by atoms with Gasteiger partial charge in [-0.1, -0.05) is 15.9 Å². The zero-order valence-corrected chi connectivity index (χ0v) is 12.8. The average Bonchev–Trinajstić information content (AvgIpc) is 2.31. The van der Waals surface area contributed by atoms with Gasteiger partial charge >= 0.3 is 0 Å². The number of nitrogens with two attached hydrogens (primary N) is 1. The monoisotopic (exact) mass is 311 g/mol. The van der Waals surface area contributed by atoms with E-state index >= 15 is 0 Å². The lowest BCUT2D eigenvalue weighted by atomic mass is 9.87. The minimum Gasteiger partial charge on any atom is -0.378 e. The molecular weight excluding hydrogens is 290 g/mol. The van der Waals surface area contributed by atoms with E-state index in [1.165, 1.54) is 5.56 Å². The lowest BCUT2D eigenvalue weighted by Crippen LogP contribution is -2.52. The van der Waals surface area contributed by atoms with Gasteiger partial charge in [0.1, 0.15) is 0 Å². The minimum atomic E-state index is 0.0553. The molecule has 3 N–H and O–H groups in total. The molecule has 0 aromatic heterocycles. The maximum Gasteiger partial charge on any atom is 0.0520 e. The summed E-state index contributed by atoms with van der Waals surface area (Å²) in [6.07, 6.45) is 2.21. The first-order chi connectivity index (χ1) is 8.53. The van der Waals surface area contributed by atoms with Crippen molar-refractivity contribution in [2.45, 2.75) is 25.3 Å². The SMILES string of the molecule is Cc1cc(Br)cc(NC2(CN)CCN(C)CC2)c1. The van der Waals surface area contributed by atoms with Crippen molar-refractivity contribution in [2.75, 3.05) is 32.0 Å². The van der Waals surface area contributed by atoms with Crippen LogP contribution in [0.25, 0.3) is 0 Å². The van der Waals surface area contributed by atoms with Crippen molar-refractivity contribution in [1.29, 1.82) is 0 Å². The van der Waals surface area contributed by atoms with Crippen molar-refractivity contribution in [1.82, 2.24) is 4.90 Å². The van der Waals surface area contributed by atoms with Gasteiger partial charge in [0.2, 0.25) is 0 Å². The summed E-state index contributed by atoms with van der Waals surface area (Å²) in [4.78, 5) is 2.36. The number of hydrogen-bond acceptors (Lipinski definition) is 3. The Bertz CT molecular complexity index is 391. The molecule has 3 nitrogen and oxygen atoms in total. The summed E-state index contributed by atoms with van der Waals surface area (Å²) in [6.45, 7) is 5.01. The van der Waals surface area contributed by atoms with Crippen LogP contribution in [0, 0.1) is 6.92 Å². The Morgan fingerprint density at radius 1 is 1.33 bits per heavy atom. The van der Waals surface area contributed by atoms with E-state index in [9.17, 15) is 0 Å². The average molecular weight is 312 g/mol. The van der Waals surface area contributed by atoms with Gasteiger partial charge in [0.15, 0.2) is 0 Å². The maximum absolute atomic E-state index is 6.01. The molecule has 0 spiro atoms. The largest absolute Gasteiger partial charge is 0.378 e.